The molecule has 3 N–H and O–H groups in total. The molecule has 20 heavy (non-hydrogen) atoms. The Morgan fingerprint density at radius 3 is 3.00 bits per heavy atom. The van der Waals surface area contributed by atoms with Gasteiger partial charge in [0.15, 0.2) is 0 Å². The highest BCUT2D eigenvalue weighted by Crippen LogP contribution is 2.23. The number of nitrogen functional groups attached to an aromatic ring is 1. The van der Waals surface area contributed by atoms with Crippen LogP contribution in [0.25, 0.3) is 0 Å². The average molecular weight is 279 g/mol. The van der Waals surface area contributed by atoms with E-state index < -0.39 is 5.91 Å². The smallest absolute Gasteiger partial charge is 0.283 e. The molecule has 0 bridgehead atoms. The van der Waals surface area contributed by atoms with E-state index in [0.29, 0.717) is 12.3 Å². The fourth-order valence-electron chi connectivity index (χ4n) is 2.43. The van der Waals surface area contributed by atoms with E-state index in [9.17, 15) is 4.79 Å². The lowest BCUT2D eigenvalue weighted by Crippen LogP contribution is -2.31. The summed E-state index contributed by atoms with van der Waals surface area (Å²) < 4.78 is 11.2. The predicted octanol–water partition coefficient (Wildman–Crippen LogP) is 1.16. The van der Waals surface area contributed by atoms with Crippen LogP contribution >= 0.6 is 0 Å². The second-order valence-electron chi connectivity index (χ2n) is 4.94. The van der Waals surface area contributed by atoms with Gasteiger partial charge in [-0.25, -0.2) is 10.8 Å². The lowest BCUT2D eigenvalue weighted by atomic mass is 9.95. The number of carbonyl (C=O) groups excluding carboxylic acids is 1. The SMILES string of the molecule is COC1CCCC(OCc2cccc(C(=O)NN)n2)C1. The van der Waals surface area contributed by atoms with Gasteiger partial charge in [0, 0.05) is 7.11 Å². The van der Waals surface area contributed by atoms with Crippen molar-refractivity contribution in [3.63, 3.8) is 0 Å². The summed E-state index contributed by atoms with van der Waals surface area (Å²) in [5.74, 6) is 4.69. The van der Waals surface area contributed by atoms with E-state index in [1.807, 2.05) is 6.07 Å². The summed E-state index contributed by atoms with van der Waals surface area (Å²) >= 11 is 0. The first kappa shape index (κ1) is 14.9. The van der Waals surface area contributed by atoms with Crippen molar-refractivity contribution < 1.29 is 14.3 Å². The maximum atomic E-state index is 11.4. The molecular formula is C14H21N3O3. The molecule has 0 aromatic carbocycles. The van der Waals surface area contributed by atoms with Gasteiger partial charge in [-0.1, -0.05) is 6.07 Å². The minimum absolute atomic E-state index is 0.197. The maximum absolute atomic E-state index is 11.4. The number of hydrogen-bond acceptors (Lipinski definition) is 5. The molecule has 6 nitrogen and oxygen atoms in total. The Morgan fingerprint density at radius 1 is 1.45 bits per heavy atom. The molecule has 1 aromatic rings. The van der Waals surface area contributed by atoms with Crippen molar-refractivity contribution in [2.75, 3.05) is 7.11 Å². The van der Waals surface area contributed by atoms with Crippen LogP contribution in [0.3, 0.4) is 0 Å². The van der Waals surface area contributed by atoms with Crippen molar-refractivity contribution in [3.8, 4) is 0 Å². The highest BCUT2D eigenvalue weighted by Gasteiger charge is 2.22. The summed E-state index contributed by atoms with van der Waals surface area (Å²) in [5, 5.41) is 0. The van der Waals surface area contributed by atoms with Crippen LogP contribution in [0, 0.1) is 0 Å². The Bertz CT molecular complexity index is 453. The Morgan fingerprint density at radius 2 is 2.25 bits per heavy atom. The molecule has 1 saturated carbocycles. The molecule has 2 unspecified atom stereocenters. The molecule has 2 rings (SSSR count). The first-order valence-electron chi connectivity index (χ1n) is 6.84. The minimum atomic E-state index is -0.399. The second-order valence-corrected chi connectivity index (χ2v) is 4.94. The molecule has 0 saturated heterocycles. The van der Waals surface area contributed by atoms with Crippen LogP contribution in [0.1, 0.15) is 41.9 Å². The van der Waals surface area contributed by atoms with Crippen LogP contribution in [0.15, 0.2) is 18.2 Å². The Hall–Kier alpha value is -1.50. The molecule has 0 radical (unpaired) electrons. The molecule has 1 aliphatic rings. The average Bonchev–Trinajstić information content (AvgIpc) is 2.52. The zero-order valence-electron chi connectivity index (χ0n) is 11.7. The van der Waals surface area contributed by atoms with Crippen LogP contribution in [-0.4, -0.2) is 30.2 Å². The van der Waals surface area contributed by atoms with Crippen molar-refractivity contribution in [3.05, 3.63) is 29.6 Å². The number of hydrogen-bond donors (Lipinski definition) is 2. The summed E-state index contributed by atoms with van der Waals surface area (Å²) in [5.41, 5.74) is 3.09. The number of methoxy groups -OCH3 is 1. The predicted molar refractivity (Wildman–Crippen MR) is 73.7 cm³/mol. The molecule has 0 spiro atoms. The fourth-order valence-corrected chi connectivity index (χ4v) is 2.43. The zero-order valence-corrected chi connectivity index (χ0v) is 11.7. The monoisotopic (exact) mass is 279 g/mol. The van der Waals surface area contributed by atoms with Crippen LogP contribution < -0.4 is 11.3 Å². The second kappa shape index (κ2) is 7.33. The van der Waals surface area contributed by atoms with E-state index in [2.05, 4.69) is 10.4 Å². The van der Waals surface area contributed by atoms with Gasteiger partial charge in [0.05, 0.1) is 24.5 Å². The van der Waals surface area contributed by atoms with Gasteiger partial charge in [-0.15, -0.1) is 0 Å². The number of nitrogens with one attached hydrogen (secondary N) is 1. The lowest BCUT2D eigenvalue weighted by Gasteiger charge is -2.28. The molecule has 1 heterocycles. The number of aromatic nitrogens is 1. The first-order chi connectivity index (χ1) is 9.72. The van der Waals surface area contributed by atoms with Gasteiger partial charge in [-0.3, -0.25) is 10.2 Å². The summed E-state index contributed by atoms with van der Waals surface area (Å²) in [4.78, 5) is 15.6. The molecule has 0 aliphatic heterocycles. The van der Waals surface area contributed by atoms with Crippen LogP contribution in [0.2, 0.25) is 0 Å². The number of ether oxygens (including phenoxy) is 2. The highest BCUT2D eigenvalue weighted by atomic mass is 16.5. The highest BCUT2D eigenvalue weighted by molar-refractivity contribution is 5.91. The third kappa shape index (κ3) is 4.00. The van der Waals surface area contributed by atoms with Gasteiger partial charge < -0.3 is 9.47 Å². The minimum Gasteiger partial charge on any atom is -0.381 e. The number of rotatable bonds is 5. The van der Waals surface area contributed by atoms with Crippen molar-refractivity contribution in [1.82, 2.24) is 10.4 Å². The molecular weight excluding hydrogens is 258 g/mol. The molecule has 2 atom stereocenters. The zero-order chi connectivity index (χ0) is 14.4. The van der Waals surface area contributed by atoms with E-state index in [4.69, 9.17) is 15.3 Å². The summed E-state index contributed by atoms with van der Waals surface area (Å²) in [7, 11) is 1.74. The largest absolute Gasteiger partial charge is 0.381 e. The maximum Gasteiger partial charge on any atom is 0.283 e. The Labute approximate surface area is 118 Å². The van der Waals surface area contributed by atoms with Crippen LogP contribution in [-0.2, 0) is 16.1 Å². The summed E-state index contributed by atoms with van der Waals surface area (Å²) in [6.45, 7) is 0.396. The summed E-state index contributed by atoms with van der Waals surface area (Å²) in [6.07, 6.45) is 4.66. The molecule has 6 heteroatoms. The number of carbonyl (C=O) groups is 1. The van der Waals surface area contributed by atoms with Crippen molar-refractivity contribution in [2.24, 2.45) is 5.84 Å². The lowest BCUT2D eigenvalue weighted by molar-refractivity contribution is -0.0372. The first-order valence-corrected chi connectivity index (χ1v) is 6.84. The molecule has 1 amide bonds. The van der Waals surface area contributed by atoms with Gasteiger partial charge in [0.1, 0.15) is 5.69 Å². The topological polar surface area (TPSA) is 86.5 Å². The quantitative estimate of drug-likeness (QED) is 0.480. The van der Waals surface area contributed by atoms with Gasteiger partial charge in [-0.05, 0) is 37.8 Å². The van der Waals surface area contributed by atoms with Crippen molar-refractivity contribution >= 4 is 5.91 Å². The van der Waals surface area contributed by atoms with E-state index in [-0.39, 0.29) is 12.2 Å². The number of pyridine rings is 1. The third-order valence-corrected chi connectivity index (χ3v) is 3.55. The summed E-state index contributed by atoms with van der Waals surface area (Å²) in [6, 6.07) is 5.23. The van der Waals surface area contributed by atoms with E-state index in [0.717, 1.165) is 31.4 Å². The molecule has 1 fully saturated rings. The molecule has 1 aliphatic carbocycles. The normalized spacial score (nSPS) is 22.5. The number of hydrazine groups is 1. The van der Waals surface area contributed by atoms with Gasteiger partial charge in [0.2, 0.25) is 0 Å². The number of nitrogens with zero attached hydrogens (tertiary/aromatic N) is 1. The van der Waals surface area contributed by atoms with Gasteiger partial charge in [0.25, 0.3) is 5.91 Å². The van der Waals surface area contributed by atoms with E-state index >= 15 is 0 Å². The Kier molecular flexibility index (Phi) is 5.46. The van der Waals surface area contributed by atoms with Crippen LogP contribution in [0.5, 0.6) is 0 Å². The Balaban J connectivity index is 1.89. The number of nitrogens with two attached hydrogens (primary N) is 1. The molecule has 1 aromatic heterocycles. The molecule has 110 valence electrons. The van der Waals surface area contributed by atoms with E-state index in [1.165, 1.54) is 0 Å². The van der Waals surface area contributed by atoms with Gasteiger partial charge in [-0.2, -0.15) is 0 Å². The third-order valence-electron chi connectivity index (χ3n) is 3.55. The standard InChI is InChI=1S/C14H21N3O3/c1-19-11-5-3-6-12(8-11)20-9-10-4-2-7-13(16-10)14(18)17-15/h2,4,7,11-12H,3,5-6,8-9,15H2,1H3,(H,17,18). The van der Waals surface area contributed by atoms with Gasteiger partial charge >= 0.3 is 0 Å². The van der Waals surface area contributed by atoms with E-state index in [1.54, 1.807) is 19.2 Å². The van der Waals surface area contributed by atoms with Crippen LogP contribution in [0.4, 0.5) is 0 Å². The number of amides is 1. The van der Waals surface area contributed by atoms with Crippen molar-refractivity contribution in [2.45, 2.75) is 44.5 Å². The van der Waals surface area contributed by atoms with Crippen molar-refractivity contribution in [1.29, 1.82) is 0 Å². The fraction of sp³-hybridized carbons (Fsp3) is 0.571.